The predicted molar refractivity (Wildman–Crippen MR) is 107 cm³/mol. The molecule has 0 nitrogen and oxygen atoms in total. The topological polar surface area (TPSA) is 0 Å². The standard InChI is InChI=1S/C12H10.C9H12S.CHF3/c1-3-7-11(8-4-1)12-9-5-2-6-10-12;1-6-4-7(2)9(10)8(3)5-6;2-1(3)4/h1-10H;4-5,10H,1-3H3;1H. The summed E-state index contributed by atoms with van der Waals surface area (Å²) in [7, 11) is 0. The molecule has 26 heavy (non-hydrogen) atoms. The fourth-order valence-electron chi connectivity index (χ4n) is 2.43. The van der Waals surface area contributed by atoms with Crippen LogP contribution in [0.25, 0.3) is 11.1 Å². The molecule has 0 heterocycles. The number of hydrogen-bond acceptors (Lipinski definition) is 1. The van der Waals surface area contributed by atoms with E-state index in [-0.39, 0.29) is 0 Å². The fraction of sp³-hybridized carbons (Fsp3) is 0.182. The van der Waals surface area contributed by atoms with Crippen LogP contribution >= 0.6 is 12.6 Å². The Morgan fingerprint density at radius 3 is 1.27 bits per heavy atom. The second-order valence-electron chi connectivity index (χ2n) is 5.73. The van der Waals surface area contributed by atoms with Crippen molar-refractivity contribution in [2.45, 2.75) is 32.3 Å². The van der Waals surface area contributed by atoms with E-state index in [2.05, 4.69) is 94.1 Å². The summed E-state index contributed by atoms with van der Waals surface area (Å²) in [5.41, 5.74) is 6.39. The highest BCUT2D eigenvalue weighted by molar-refractivity contribution is 7.80. The molecule has 0 spiro atoms. The zero-order chi connectivity index (χ0) is 19.5. The smallest absolute Gasteiger partial charge is 0.174 e. The van der Waals surface area contributed by atoms with Crippen LogP contribution in [-0.4, -0.2) is 6.68 Å². The van der Waals surface area contributed by atoms with E-state index < -0.39 is 6.68 Å². The van der Waals surface area contributed by atoms with E-state index in [1.165, 1.54) is 27.8 Å². The molecule has 4 heteroatoms. The summed E-state index contributed by atoms with van der Waals surface area (Å²) in [4.78, 5) is 1.12. The molecule has 0 N–H and O–H groups in total. The van der Waals surface area contributed by atoms with Crippen molar-refractivity contribution in [2.24, 2.45) is 0 Å². The molecular formula is C22H23F3S. The third-order valence-electron chi connectivity index (χ3n) is 3.52. The Labute approximate surface area is 159 Å². The first kappa shape index (κ1) is 21.8. The maximum atomic E-state index is 9.67. The Bertz CT molecular complexity index is 709. The van der Waals surface area contributed by atoms with E-state index >= 15 is 0 Å². The van der Waals surface area contributed by atoms with Crippen LogP contribution in [0.15, 0.2) is 77.7 Å². The first-order chi connectivity index (χ1) is 12.3. The van der Waals surface area contributed by atoms with Crippen molar-refractivity contribution >= 4 is 12.6 Å². The normalized spacial score (nSPS) is 9.69. The number of thiol groups is 1. The summed E-state index contributed by atoms with van der Waals surface area (Å²) in [5, 5.41) is 0. The summed E-state index contributed by atoms with van der Waals surface area (Å²) < 4.78 is 29.0. The van der Waals surface area contributed by atoms with Crippen LogP contribution in [0.3, 0.4) is 0 Å². The van der Waals surface area contributed by atoms with E-state index in [1.54, 1.807) is 0 Å². The summed E-state index contributed by atoms with van der Waals surface area (Å²) in [6.45, 7) is 2.61. The highest BCUT2D eigenvalue weighted by Gasteiger charge is 1.97. The van der Waals surface area contributed by atoms with E-state index in [1.807, 2.05) is 12.1 Å². The van der Waals surface area contributed by atoms with E-state index in [0.717, 1.165) is 4.90 Å². The number of hydrogen-bond donors (Lipinski definition) is 1. The number of aryl methyl sites for hydroxylation is 3. The molecule has 3 rings (SSSR count). The van der Waals surface area contributed by atoms with Crippen molar-refractivity contribution in [1.82, 2.24) is 0 Å². The quantitative estimate of drug-likeness (QED) is 0.419. The molecule has 0 fully saturated rings. The first-order valence-corrected chi connectivity index (χ1v) is 8.55. The van der Waals surface area contributed by atoms with Crippen molar-refractivity contribution in [3.8, 4) is 11.1 Å². The van der Waals surface area contributed by atoms with Gasteiger partial charge in [-0.15, -0.1) is 12.6 Å². The Kier molecular flexibility index (Phi) is 9.60. The lowest BCUT2D eigenvalue weighted by atomic mass is 10.1. The van der Waals surface area contributed by atoms with Gasteiger partial charge in [0.25, 0.3) is 0 Å². The lowest BCUT2D eigenvalue weighted by Crippen LogP contribution is -1.83. The van der Waals surface area contributed by atoms with Gasteiger partial charge in [0.1, 0.15) is 0 Å². The van der Waals surface area contributed by atoms with Crippen molar-refractivity contribution < 1.29 is 13.2 Å². The van der Waals surface area contributed by atoms with Crippen LogP contribution in [0.1, 0.15) is 16.7 Å². The Morgan fingerprint density at radius 2 is 0.962 bits per heavy atom. The maximum absolute atomic E-state index is 9.67. The molecular weight excluding hydrogens is 353 g/mol. The third kappa shape index (κ3) is 8.26. The summed E-state index contributed by atoms with van der Waals surface area (Å²) in [5.74, 6) is 0. The van der Waals surface area contributed by atoms with Crippen LogP contribution in [0.2, 0.25) is 0 Å². The molecule has 0 atom stereocenters. The molecule has 0 aliphatic rings. The highest BCUT2D eigenvalue weighted by atomic mass is 32.1. The second-order valence-corrected chi connectivity index (χ2v) is 6.17. The zero-order valence-electron chi connectivity index (χ0n) is 15.1. The zero-order valence-corrected chi connectivity index (χ0v) is 16.0. The Balaban J connectivity index is 0.000000220. The third-order valence-corrected chi connectivity index (χ3v) is 4.22. The maximum Gasteiger partial charge on any atom is 0.379 e. The minimum atomic E-state index is -3.67. The predicted octanol–water partition coefficient (Wildman–Crippen LogP) is 7.43. The fourth-order valence-corrected chi connectivity index (χ4v) is 2.56. The second kappa shape index (κ2) is 11.4. The SMILES string of the molecule is Cc1cc(C)c(S)c(C)c1.FC(F)F.c1ccc(-c2ccccc2)cc1. The molecule has 0 amide bonds. The molecule has 138 valence electrons. The average molecular weight is 376 g/mol. The summed E-state index contributed by atoms with van der Waals surface area (Å²) in [6.07, 6.45) is 0. The van der Waals surface area contributed by atoms with Crippen molar-refractivity contribution in [3.63, 3.8) is 0 Å². The summed E-state index contributed by atoms with van der Waals surface area (Å²) >= 11 is 4.36. The van der Waals surface area contributed by atoms with Gasteiger partial charge in [0.2, 0.25) is 0 Å². The lowest BCUT2D eigenvalue weighted by molar-refractivity contribution is 0.00819. The van der Waals surface area contributed by atoms with Gasteiger partial charge in [-0.3, -0.25) is 0 Å². The van der Waals surface area contributed by atoms with Gasteiger partial charge in [0.05, 0.1) is 0 Å². The largest absolute Gasteiger partial charge is 0.379 e. The molecule has 0 saturated carbocycles. The molecule has 0 saturated heterocycles. The molecule has 3 aromatic carbocycles. The van der Waals surface area contributed by atoms with Crippen molar-refractivity contribution in [2.75, 3.05) is 0 Å². The lowest BCUT2D eigenvalue weighted by Gasteiger charge is -2.03. The minimum Gasteiger partial charge on any atom is -0.174 e. The molecule has 0 radical (unpaired) electrons. The average Bonchev–Trinajstić information content (AvgIpc) is 2.61. The van der Waals surface area contributed by atoms with Crippen molar-refractivity contribution in [1.29, 1.82) is 0 Å². The minimum absolute atomic E-state index is 1.12. The number of alkyl halides is 3. The van der Waals surface area contributed by atoms with E-state index in [9.17, 15) is 13.2 Å². The Morgan fingerprint density at radius 1 is 0.654 bits per heavy atom. The Hall–Kier alpha value is -2.20. The van der Waals surface area contributed by atoms with Gasteiger partial charge in [-0.2, -0.15) is 13.2 Å². The molecule has 0 unspecified atom stereocenters. The van der Waals surface area contributed by atoms with Gasteiger partial charge in [0.15, 0.2) is 0 Å². The van der Waals surface area contributed by atoms with Crippen LogP contribution in [0, 0.1) is 20.8 Å². The van der Waals surface area contributed by atoms with Crippen LogP contribution in [0.5, 0.6) is 0 Å². The molecule has 3 aromatic rings. The number of rotatable bonds is 1. The van der Waals surface area contributed by atoms with Gasteiger partial charge in [-0.25, -0.2) is 0 Å². The van der Waals surface area contributed by atoms with E-state index in [0.29, 0.717) is 0 Å². The molecule has 0 bridgehead atoms. The van der Waals surface area contributed by atoms with Gasteiger partial charge < -0.3 is 0 Å². The van der Waals surface area contributed by atoms with Gasteiger partial charge in [-0.1, -0.05) is 78.4 Å². The van der Waals surface area contributed by atoms with Crippen LogP contribution < -0.4 is 0 Å². The summed E-state index contributed by atoms with van der Waals surface area (Å²) in [6, 6.07) is 25.1. The van der Waals surface area contributed by atoms with E-state index in [4.69, 9.17) is 0 Å². The van der Waals surface area contributed by atoms with Crippen molar-refractivity contribution in [3.05, 3.63) is 89.5 Å². The van der Waals surface area contributed by atoms with Gasteiger partial charge >= 0.3 is 6.68 Å². The van der Waals surface area contributed by atoms with Crippen LogP contribution in [-0.2, 0) is 0 Å². The van der Waals surface area contributed by atoms with Crippen LogP contribution in [0.4, 0.5) is 13.2 Å². The highest BCUT2D eigenvalue weighted by Crippen LogP contribution is 2.19. The van der Waals surface area contributed by atoms with Gasteiger partial charge in [0, 0.05) is 4.90 Å². The molecule has 0 aromatic heterocycles. The first-order valence-electron chi connectivity index (χ1n) is 8.10. The molecule has 0 aliphatic carbocycles. The van der Waals surface area contributed by atoms with Gasteiger partial charge in [-0.05, 0) is 43.0 Å². The molecule has 0 aliphatic heterocycles. The monoisotopic (exact) mass is 376 g/mol. The number of halogens is 3. The number of benzene rings is 3.